The number of hydrogen-bond donors (Lipinski definition) is 0. The Morgan fingerprint density at radius 1 is 0.968 bits per heavy atom. The molecule has 1 amide bonds. The van der Waals surface area contributed by atoms with Gasteiger partial charge in [-0.3, -0.25) is 4.79 Å². The molecule has 164 valence electrons. The third kappa shape index (κ3) is 2.55. The molecule has 2 atom stereocenters. The van der Waals surface area contributed by atoms with Crippen LogP contribution >= 0.6 is 0 Å². The van der Waals surface area contributed by atoms with E-state index in [1.165, 1.54) is 66.3 Å². The summed E-state index contributed by atoms with van der Waals surface area (Å²) in [5, 5.41) is 1.30. The summed E-state index contributed by atoms with van der Waals surface area (Å²) in [7, 11) is 2.16. The molecule has 0 N–H and O–H groups in total. The summed E-state index contributed by atoms with van der Waals surface area (Å²) < 4.78 is 2.31. The Kier molecular flexibility index (Phi) is 4.11. The first-order valence-electron chi connectivity index (χ1n) is 12.3. The minimum absolute atomic E-state index is 0.0709. The van der Waals surface area contributed by atoms with Crippen LogP contribution < -0.4 is 0 Å². The van der Waals surface area contributed by atoms with Crippen molar-refractivity contribution in [2.75, 3.05) is 0 Å². The number of para-hydroxylation sites is 1. The number of aryl methyl sites for hydroxylation is 1. The van der Waals surface area contributed by atoms with E-state index in [-0.39, 0.29) is 11.9 Å². The topological polar surface area (TPSA) is 25.2 Å². The molecular formula is C28H36N2O. The van der Waals surface area contributed by atoms with Gasteiger partial charge >= 0.3 is 0 Å². The van der Waals surface area contributed by atoms with Gasteiger partial charge in [0, 0.05) is 40.8 Å². The van der Waals surface area contributed by atoms with Crippen molar-refractivity contribution in [1.82, 2.24) is 9.47 Å². The maximum absolute atomic E-state index is 13.7. The third-order valence-corrected chi connectivity index (χ3v) is 9.95. The molecule has 4 saturated carbocycles. The fraction of sp³-hybridized carbons (Fsp3) is 0.607. The van der Waals surface area contributed by atoms with Gasteiger partial charge in [-0.25, -0.2) is 0 Å². The van der Waals surface area contributed by atoms with Gasteiger partial charge in [-0.2, -0.15) is 0 Å². The monoisotopic (exact) mass is 416 g/mol. The SMILES string of the molecule is CC1=C(C)C(c2c(C)n(C)c3ccccc23)N(C(C)C23CC4CC(CC(C4)C2)C3)C1=O. The molecule has 1 aromatic carbocycles. The maximum Gasteiger partial charge on any atom is 0.250 e. The average Bonchev–Trinajstić information content (AvgIpc) is 3.11. The molecule has 2 aromatic rings. The highest BCUT2D eigenvalue weighted by atomic mass is 16.2. The van der Waals surface area contributed by atoms with Crippen molar-refractivity contribution in [3.8, 4) is 0 Å². The fourth-order valence-corrected chi connectivity index (χ4v) is 8.53. The van der Waals surface area contributed by atoms with Gasteiger partial charge in [-0.05, 0) is 101 Å². The van der Waals surface area contributed by atoms with Gasteiger partial charge in [-0.1, -0.05) is 18.2 Å². The van der Waals surface area contributed by atoms with Gasteiger partial charge in [0.25, 0.3) is 5.91 Å². The Morgan fingerprint density at radius 3 is 2.16 bits per heavy atom. The number of fused-ring (bicyclic) bond motifs is 1. The van der Waals surface area contributed by atoms with Crippen LogP contribution in [0.1, 0.15) is 76.6 Å². The number of rotatable bonds is 3. The van der Waals surface area contributed by atoms with Crippen molar-refractivity contribution < 1.29 is 4.79 Å². The van der Waals surface area contributed by atoms with E-state index in [1.54, 1.807) is 0 Å². The van der Waals surface area contributed by atoms with E-state index < -0.39 is 0 Å². The summed E-state index contributed by atoms with van der Waals surface area (Å²) in [6.07, 6.45) is 8.35. The summed E-state index contributed by atoms with van der Waals surface area (Å²) in [6, 6.07) is 9.08. The zero-order valence-electron chi connectivity index (χ0n) is 19.7. The minimum Gasteiger partial charge on any atom is -0.348 e. The molecule has 2 heterocycles. The molecule has 2 unspecified atom stereocenters. The minimum atomic E-state index is 0.0709. The van der Waals surface area contributed by atoms with Crippen molar-refractivity contribution >= 4 is 16.8 Å². The second-order valence-electron chi connectivity index (χ2n) is 11.5. The van der Waals surface area contributed by atoms with Crippen LogP contribution in [0.15, 0.2) is 35.4 Å². The van der Waals surface area contributed by atoms with E-state index in [1.807, 2.05) is 0 Å². The van der Waals surface area contributed by atoms with Crippen LogP contribution in [-0.2, 0) is 11.8 Å². The summed E-state index contributed by atoms with van der Waals surface area (Å²) in [6.45, 7) is 8.88. The highest BCUT2D eigenvalue weighted by Crippen LogP contribution is 2.63. The Hall–Kier alpha value is -2.03. The van der Waals surface area contributed by atoms with E-state index in [0.717, 1.165) is 23.3 Å². The lowest BCUT2D eigenvalue weighted by atomic mass is 9.47. The smallest absolute Gasteiger partial charge is 0.250 e. The Balaban J connectivity index is 1.48. The van der Waals surface area contributed by atoms with Crippen molar-refractivity contribution in [1.29, 1.82) is 0 Å². The second kappa shape index (κ2) is 6.49. The normalized spacial score (nSPS) is 35.6. The molecule has 4 bridgehead atoms. The highest BCUT2D eigenvalue weighted by Gasteiger charge is 2.56. The Morgan fingerprint density at radius 2 is 1.55 bits per heavy atom. The average molecular weight is 417 g/mol. The zero-order valence-corrected chi connectivity index (χ0v) is 19.7. The first kappa shape index (κ1) is 19.6. The molecule has 1 aliphatic heterocycles. The molecular weight excluding hydrogens is 380 g/mol. The van der Waals surface area contributed by atoms with Gasteiger partial charge in [0.2, 0.25) is 0 Å². The number of carbonyl (C=O) groups excluding carboxylic acids is 1. The number of benzene rings is 1. The predicted molar refractivity (Wildman–Crippen MR) is 126 cm³/mol. The lowest BCUT2D eigenvalue weighted by molar-refractivity contribution is -0.142. The van der Waals surface area contributed by atoms with E-state index in [2.05, 4.69) is 68.5 Å². The Labute approximate surface area is 186 Å². The summed E-state index contributed by atoms with van der Waals surface area (Å²) in [5.74, 6) is 2.98. The van der Waals surface area contributed by atoms with Gasteiger partial charge < -0.3 is 9.47 Å². The number of carbonyl (C=O) groups is 1. The summed E-state index contributed by atoms with van der Waals surface area (Å²) in [4.78, 5) is 16.1. The molecule has 4 fully saturated rings. The maximum atomic E-state index is 13.7. The van der Waals surface area contributed by atoms with Crippen molar-refractivity contribution in [3.63, 3.8) is 0 Å². The largest absolute Gasteiger partial charge is 0.348 e. The van der Waals surface area contributed by atoms with Crippen LogP contribution in [0.25, 0.3) is 10.9 Å². The third-order valence-electron chi connectivity index (χ3n) is 9.95. The molecule has 1 aromatic heterocycles. The van der Waals surface area contributed by atoms with Crippen LogP contribution in [0.2, 0.25) is 0 Å². The molecule has 3 heteroatoms. The van der Waals surface area contributed by atoms with E-state index in [4.69, 9.17) is 0 Å². The van der Waals surface area contributed by atoms with E-state index in [0.29, 0.717) is 11.5 Å². The predicted octanol–water partition coefficient (Wildman–Crippen LogP) is 6.31. The van der Waals surface area contributed by atoms with Gasteiger partial charge in [0.1, 0.15) is 0 Å². The zero-order chi connectivity index (χ0) is 21.7. The van der Waals surface area contributed by atoms with Crippen LogP contribution in [-0.4, -0.2) is 21.4 Å². The van der Waals surface area contributed by atoms with Crippen molar-refractivity contribution in [2.45, 2.75) is 78.3 Å². The van der Waals surface area contributed by atoms with Crippen molar-refractivity contribution in [3.05, 3.63) is 46.7 Å². The number of aromatic nitrogens is 1. The molecule has 31 heavy (non-hydrogen) atoms. The second-order valence-corrected chi connectivity index (χ2v) is 11.5. The van der Waals surface area contributed by atoms with E-state index in [9.17, 15) is 4.79 Å². The lowest BCUT2D eigenvalue weighted by Gasteiger charge is -2.60. The van der Waals surface area contributed by atoms with Gasteiger partial charge in [0.05, 0.1) is 6.04 Å². The molecule has 0 radical (unpaired) electrons. The molecule has 5 aliphatic rings. The Bertz CT molecular complexity index is 1080. The molecule has 3 nitrogen and oxygen atoms in total. The van der Waals surface area contributed by atoms with E-state index >= 15 is 0 Å². The summed E-state index contributed by atoms with van der Waals surface area (Å²) in [5.41, 5.74) is 6.44. The lowest BCUT2D eigenvalue weighted by Crippen LogP contribution is -2.56. The van der Waals surface area contributed by atoms with Crippen LogP contribution in [0.3, 0.4) is 0 Å². The van der Waals surface area contributed by atoms with Gasteiger partial charge in [-0.15, -0.1) is 0 Å². The molecule has 0 spiro atoms. The van der Waals surface area contributed by atoms with Crippen molar-refractivity contribution in [2.24, 2.45) is 30.2 Å². The summed E-state index contributed by atoms with van der Waals surface area (Å²) >= 11 is 0. The fourth-order valence-electron chi connectivity index (χ4n) is 8.53. The molecule has 7 rings (SSSR count). The standard InChI is InChI=1S/C28H36N2O/c1-16-17(2)27(31)30(19(4)28-13-20-10-21(14-28)12-22(11-20)15-28)26(16)25-18(3)29(5)24-9-7-6-8-23(24)25/h6-9,19-22,26H,10-15H2,1-5H3. The van der Waals surface area contributed by atoms with Crippen LogP contribution in [0.4, 0.5) is 0 Å². The number of nitrogens with zero attached hydrogens (tertiary/aromatic N) is 2. The van der Waals surface area contributed by atoms with Crippen LogP contribution in [0.5, 0.6) is 0 Å². The van der Waals surface area contributed by atoms with Crippen LogP contribution in [0, 0.1) is 30.1 Å². The number of hydrogen-bond acceptors (Lipinski definition) is 1. The molecule has 4 aliphatic carbocycles. The number of amides is 1. The first-order chi connectivity index (χ1) is 14.8. The quantitative estimate of drug-likeness (QED) is 0.575. The first-order valence-corrected chi connectivity index (χ1v) is 12.3. The van der Waals surface area contributed by atoms with Gasteiger partial charge in [0.15, 0.2) is 0 Å². The highest BCUT2D eigenvalue weighted by molar-refractivity contribution is 5.99. The molecule has 0 saturated heterocycles.